The molecule has 0 amide bonds. The topological polar surface area (TPSA) is 55.6 Å². The van der Waals surface area contributed by atoms with Gasteiger partial charge in [0, 0.05) is 17.7 Å². The van der Waals surface area contributed by atoms with Crippen molar-refractivity contribution in [3.8, 4) is 22.5 Å². The molecule has 6 rings (SSSR count). The van der Waals surface area contributed by atoms with E-state index in [1.54, 1.807) is 0 Å². The molecule has 1 aliphatic carbocycles. The summed E-state index contributed by atoms with van der Waals surface area (Å²) < 4.78 is 11.3. The Labute approximate surface area is 230 Å². The number of hydrogen-bond acceptors (Lipinski definition) is 5. The molecule has 5 nitrogen and oxygen atoms in total. The second kappa shape index (κ2) is 10.8. The molecule has 2 aliphatic rings. The molecular formula is C34H36N2O3. The lowest BCUT2D eigenvalue weighted by molar-refractivity contribution is -0.146. The van der Waals surface area contributed by atoms with Crippen LogP contribution in [0.5, 0.6) is 0 Å². The summed E-state index contributed by atoms with van der Waals surface area (Å²) in [6.07, 6.45) is 4.04. The first-order valence-electron chi connectivity index (χ1n) is 14.2. The van der Waals surface area contributed by atoms with Crippen LogP contribution in [0.15, 0.2) is 83.4 Å². The van der Waals surface area contributed by atoms with Crippen LogP contribution in [-0.4, -0.2) is 35.7 Å². The highest BCUT2D eigenvalue weighted by atomic mass is 16.5. The molecule has 1 saturated carbocycles. The van der Waals surface area contributed by atoms with Gasteiger partial charge in [0.15, 0.2) is 5.76 Å². The molecule has 0 atom stereocenters. The van der Waals surface area contributed by atoms with Crippen molar-refractivity contribution in [3.63, 3.8) is 0 Å². The smallest absolute Gasteiger partial charge is 0.316 e. The second-order valence-electron chi connectivity index (χ2n) is 11.0. The molecule has 200 valence electrons. The average Bonchev–Trinajstić information content (AvgIpc) is 3.73. The number of rotatable bonds is 8. The third kappa shape index (κ3) is 5.04. The van der Waals surface area contributed by atoms with Gasteiger partial charge >= 0.3 is 5.97 Å². The zero-order chi connectivity index (χ0) is 26.8. The number of esters is 1. The summed E-state index contributed by atoms with van der Waals surface area (Å²) in [6.45, 7) is 7.28. The Kier molecular flexibility index (Phi) is 7.09. The van der Waals surface area contributed by atoms with Crippen LogP contribution >= 0.6 is 0 Å². The van der Waals surface area contributed by atoms with E-state index in [2.05, 4.69) is 88.9 Å². The number of carbonyl (C=O) groups is 1. The zero-order valence-corrected chi connectivity index (χ0v) is 22.9. The van der Waals surface area contributed by atoms with Gasteiger partial charge in [-0.25, -0.2) is 0 Å². The number of aryl methyl sites for hydroxylation is 1. The summed E-state index contributed by atoms with van der Waals surface area (Å²) in [5, 5.41) is 4.39. The molecule has 1 saturated heterocycles. The quantitative estimate of drug-likeness (QED) is 0.228. The van der Waals surface area contributed by atoms with E-state index in [0.29, 0.717) is 12.5 Å². The van der Waals surface area contributed by atoms with Gasteiger partial charge in [-0.1, -0.05) is 84.0 Å². The molecule has 2 heterocycles. The Hall–Kier alpha value is -3.70. The normalized spacial score (nSPS) is 17.2. The highest BCUT2D eigenvalue weighted by Crippen LogP contribution is 2.49. The molecule has 4 aromatic rings. The van der Waals surface area contributed by atoms with Crippen LogP contribution in [0.1, 0.15) is 60.9 Å². The molecule has 0 radical (unpaired) electrons. The van der Waals surface area contributed by atoms with Gasteiger partial charge in [0.05, 0.1) is 17.7 Å². The van der Waals surface area contributed by atoms with Gasteiger partial charge in [-0.3, -0.25) is 9.69 Å². The first-order valence-corrected chi connectivity index (χ1v) is 14.2. The van der Waals surface area contributed by atoms with E-state index < -0.39 is 5.41 Å². The Balaban J connectivity index is 1.22. The van der Waals surface area contributed by atoms with Crippen LogP contribution in [0, 0.1) is 6.92 Å². The predicted molar refractivity (Wildman–Crippen MR) is 153 cm³/mol. The van der Waals surface area contributed by atoms with E-state index >= 15 is 0 Å². The third-order valence-corrected chi connectivity index (χ3v) is 8.56. The minimum absolute atomic E-state index is 0.104. The number of piperidine rings is 1. The first-order chi connectivity index (χ1) is 19.1. The number of nitrogens with zero attached hydrogens (tertiary/aromatic N) is 2. The van der Waals surface area contributed by atoms with Crippen LogP contribution in [-0.2, 0) is 21.5 Å². The van der Waals surface area contributed by atoms with Gasteiger partial charge in [-0.15, -0.1) is 0 Å². The fourth-order valence-corrected chi connectivity index (χ4v) is 6.07. The van der Waals surface area contributed by atoms with E-state index in [0.717, 1.165) is 71.7 Å². The van der Waals surface area contributed by atoms with Crippen molar-refractivity contribution in [2.24, 2.45) is 0 Å². The van der Waals surface area contributed by atoms with Gasteiger partial charge in [-0.2, -0.15) is 0 Å². The molecule has 1 aliphatic heterocycles. The lowest BCUT2D eigenvalue weighted by Crippen LogP contribution is -2.32. The SMILES string of the molecule is CCOC(=O)C1(c2ccc(-c3ccccc3-c3onc(C)c3CN3CCC(c4ccccc4)CC3)cc2)CC1. The van der Waals surface area contributed by atoms with Gasteiger partial charge in [0.1, 0.15) is 0 Å². The largest absolute Gasteiger partial charge is 0.465 e. The first kappa shape index (κ1) is 25.6. The monoisotopic (exact) mass is 520 g/mol. The zero-order valence-electron chi connectivity index (χ0n) is 22.9. The molecular weight excluding hydrogens is 484 g/mol. The molecule has 0 bridgehead atoms. The molecule has 3 aromatic carbocycles. The van der Waals surface area contributed by atoms with Gasteiger partial charge in [0.2, 0.25) is 0 Å². The lowest BCUT2D eigenvalue weighted by atomic mass is 9.89. The molecule has 0 spiro atoms. The minimum Gasteiger partial charge on any atom is -0.465 e. The van der Waals surface area contributed by atoms with Crippen molar-refractivity contribution < 1.29 is 14.1 Å². The van der Waals surface area contributed by atoms with Gasteiger partial charge in [-0.05, 0) is 80.8 Å². The van der Waals surface area contributed by atoms with Crippen LogP contribution in [0.4, 0.5) is 0 Å². The lowest BCUT2D eigenvalue weighted by Gasteiger charge is -2.32. The number of benzene rings is 3. The molecule has 5 heteroatoms. The Bertz CT molecular complexity index is 1430. The highest BCUT2D eigenvalue weighted by molar-refractivity contribution is 5.87. The maximum atomic E-state index is 12.6. The summed E-state index contributed by atoms with van der Waals surface area (Å²) >= 11 is 0. The van der Waals surface area contributed by atoms with Gasteiger partial charge in [0.25, 0.3) is 0 Å². The Morgan fingerprint density at radius 2 is 1.62 bits per heavy atom. The van der Waals surface area contributed by atoms with Crippen molar-refractivity contribution in [2.45, 2.75) is 57.4 Å². The molecule has 2 fully saturated rings. The second-order valence-corrected chi connectivity index (χ2v) is 11.0. The van der Waals surface area contributed by atoms with Crippen LogP contribution in [0.25, 0.3) is 22.5 Å². The molecule has 0 unspecified atom stereocenters. The number of likely N-dealkylation sites (tertiary alicyclic amines) is 1. The molecule has 39 heavy (non-hydrogen) atoms. The van der Waals surface area contributed by atoms with Crippen molar-refractivity contribution in [2.75, 3.05) is 19.7 Å². The van der Waals surface area contributed by atoms with Crippen molar-refractivity contribution in [1.82, 2.24) is 10.1 Å². The maximum Gasteiger partial charge on any atom is 0.316 e. The summed E-state index contributed by atoms with van der Waals surface area (Å²) in [5.74, 6) is 1.38. The van der Waals surface area contributed by atoms with Crippen LogP contribution in [0.3, 0.4) is 0 Å². The number of hydrogen-bond donors (Lipinski definition) is 0. The average molecular weight is 521 g/mol. The van der Waals surface area contributed by atoms with Crippen molar-refractivity contribution >= 4 is 5.97 Å². The number of aromatic nitrogens is 1. The third-order valence-electron chi connectivity index (χ3n) is 8.56. The number of ether oxygens (including phenoxy) is 1. The van der Waals surface area contributed by atoms with E-state index in [9.17, 15) is 4.79 Å². The van der Waals surface area contributed by atoms with E-state index in [4.69, 9.17) is 9.26 Å². The predicted octanol–water partition coefficient (Wildman–Crippen LogP) is 7.29. The van der Waals surface area contributed by atoms with E-state index in [-0.39, 0.29) is 5.97 Å². The van der Waals surface area contributed by atoms with Gasteiger partial charge < -0.3 is 9.26 Å². The van der Waals surface area contributed by atoms with E-state index in [1.165, 1.54) is 18.4 Å². The summed E-state index contributed by atoms with van der Waals surface area (Å²) in [4.78, 5) is 15.1. The van der Waals surface area contributed by atoms with E-state index in [1.807, 2.05) is 13.8 Å². The molecule has 0 N–H and O–H groups in total. The van der Waals surface area contributed by atoms with Crippen molar-refractivity contribution in [1.29, 1.82) is 0 Å². The summed E-state index contributed by atoms with van der Waals surface area (Å²) in [6, 6.07) is 27.7. The maximum absolute atomic E-state index is 12.6. The minimum atomic E-state index is -0.461. The summed E-state index contributed by atoms with van der Waals surface area (Å²) in [5.41, 5.74) is 7.39. The number of carbonyl (C=O) groups excluding carboxylic acids is 1. The fraction of sp³-hybridized carbons (Fsp3) is 0.353. The summed E-state index contributed by atoms with van der Waals surface area (Å²) in [7, 11) is 0. The Morgan fingerprint density at radius 1 is 0.949 bits per heavy atom. The molecule has 1 aromatic heterocycles. The van der Waals surface area contributed by atoms with Crippen LogP contribution < -0.4 is 0 Å². The Morgan fingerprint density at radius 3 is 2.28 bits per heavy atom. The van der Waals surface area contributed by atoms with Crippen LogP contribution in [0.2, 0.25) is 0 Å². The standard InChI is InChI=1S/C34H36N2O3/c1-3-38-33(37)34(19-20-34)28-15-13-27(14-16-28)29-11-7-8-12-30(29)32-31(24(2)35-39-32)23-36-21-17-26(18-22-36)25-9-5-4-6-10-25/h4-16,26H,3,17-23H2,1-2H3. The highest BCUT2D eigenvalue weighted by Gasteiger charge is 2.52. The fourth-order valence-electron chi connectivity index (χ4n) is 6.07. The van der Waals surface area contributed by atoms with Crippen molar-refractivity contribution in [3.05, 3.63) is 101 Å².